The molecule has 2 heterocycles. The van der Waals surface area contributed by atoms with Crippen molar-refractivity contribution in [3.05, 3.63) is 48.5 Å². The number of anilines is 1. The Balaban J connectivity index is 1.36. The van der Waals surface area contributed by atoms with Gasteiger partial charge < -0.3 is 24.6 Å². The van der Waals surface area contributed by atoms with Gasteiger partial charge in [0.15, 0.2) is 0 Å². The fourth-order valence-electron chi connectivity index (χ4n) is 4.05. The quantitative estimate of drug-likeness (QED) is 0.730. The van der Waals surface area contributed by atoms with E-state index < -0.39 is 5.60 Å². The molecule has 0 amide bonds. The van der Waals surface area contributed by atoms with Gasteiger partial charge in [-0.25, -0.2) is 0 Å². The second-order valence-corrected chi connectivity index (χ2v) is 9.15. The maximum Gasteiger partial charge on any atom is 0.133 e. The number of methoxy groups -OCH3 is 1. The highest BCUT2D eigenvalue weighted by Gasteiger charge is 2.41. The Morgan fingerprint density at radius 1 is 1.13 bits per heavy atom. The second kappa shape index (κ2) is 9.47. The number of aliphatic hydroxyl groups excluding tert-OH is 1. The third-order valence-corrected chi connectivity index (χ3v) is 7.46. The van der Waals surface area contributed by atoms with E-state index in [0.29, 0.717) is 6.42 Å². The molecule has 4 rings (SSSR count). The Morgan fingerprint density at radius 2 is 1.90 bits per heavy atom. The molecule has 0 aromatic heterocycles. The minimum absolute atomic E-state index is 0.108. The smallest absolute Gasteiger partial charge is 0.133 e. The van der Waals surface area contributed by atoms with Gasteiger partial charge in [0.1, 0.15) is 23.7 Å². The van der Waals surface area contributed by atoms with Gasteiger partial charge in [0, 0.05) is 38.4 Å². The van der Waals surface area contributed by atoms with Crippen LogP contribution in [0.5, 0.6) is 11.5 Å². The Morgan fingerprint density at radius 3 is 2.60 bits per heavy atom. The molecule has 2 atom stereocenters. The Bertz CT molecular complexity index is 829. The molecule has 30 heavy (non-hydrogen) atoms. The molecule has 0 bridgehead atoms. The minimum Gasteiger partial charge on any atom is -0.497 e. The van der Waals surface area contributed by atoms with Gasteiger partial charge in [-0.1, -0.05) is 18.2 Å². The molecule has 2 aromatic carbocycles. The maximum atomic E-state index is 11.4. The van der Waals surface area contributed by atoms with E-state index in [4.69, 9.17) is 9.47 Å². The summed E-state index contributed by atoms with van der Waals surface area (Å²) in [6.45, 7) is 4.71. The summed E-state index contributed by atoms with van der Waals surface area (Å²) in [4.78, 5) is 5.68. The van der Waals surface area contributed by atoms with Crippen molar-refractivity contribution < 1.29 is 19.7 Å². The standard InChI is InChI=1S/C23H30N2O4S/c1-28-19-7-8-20-21(15-19)30-22(16-26)23(27,17-29-20)9-10-24-11-13-25(14-12-24)18-5-3-2-4-6-18/h2-8,15,22,26-27H,9-14,16-17H2,1H3. The lowest BCUT2D eigenvalue weighted by molar-refractivity contribution is -0.0288. The van der Waals surface area contributed by atoms with Gasteiger partial charge in [0.2, 0.25) is 0 Å². The second-order valence-electron chi connectivity index (χ2n) is 7.91. The van der Waals surface area contributed by atoms with Crippen LogP contribution in [0.2, 0.25) is 0 Å². The number of aliphatic hydroxyl groups is 2. The van der Waals surface area contributed by atoms with Crippen molar-refractivity contribution in [1.29, 1.82) is 0 Å². The fourth-order valence-corrected chi connectivity index (χ4v) is 5.26. The molecule has 2 N–H and O–H groups in total. The molecule has 7 heteroatoms. The van der Waals surface area contributed by atoms with Crippen LogP contribution in [0, 0.1) is 0 Å². The first-order chi connectivity index (χ1) is 14.6. The maximum absolute atomic E-state index is 11.4. The lowest BCUT2D eigenvalue weighted by atomic mass is 9.95. The van der Waals surface area contributed by atoms with Crippen molar-refractivity contribution in [2.24, 2.45) is 0 Å². The highest BCUT2D eigenvalue weighted by molar-refractivity contribution is 8.00. The number of hydrogen-bond acceptors (Lipinski definition) is 7. The molecule has 1 saturated heterocycles. The molecule has 0 saturated carbocycles. The lowest BCUT2D eigenvalue weighted by Crippen LogP contribution is -2.52. The number of piperazine rings is 1. The highest BCUT2D eigenvalue weighted by Crippen LogP contribution is 2.42. The predicted molar refractivity (Wildman–Crippen MR) is 120 cm³/mol. The fraction of sp³-hybridized carbons (Fsp3) is 0.478. The van der Waals surface area contributed by atoms with Gasteiger partial charge in [-0.15, -0.1) is 11.8 Å². The Kier molecular flexibility index (Phi) is 6.73. The van der Waals surface area contributed by atoms with Crippen LogP contribution >= 0.6 is 11.8 Å². The van der Waals surface area contributed by atoms with Gasteiger partial charge in [0.05, 0.1) is 23.9 Å². The third kappa shape index (κ3) is 4.70. The van der Waals surface area contributed by atoms with Crippen molar-refractivity contribution >= 4 is 17.4 Å². The van der Waals surface area contributed by atoms with Gasteiger partial charge in [-0.2, -0.15) is 0 Å². The summed E-state index contributed by atoms with van der Waals surface area (Å²) in [6, 6.07) is 16.1. The summed E-state index contributed by atoms with van der Waals surface area (Å²) in [7, 11) is 1.63. The number of ether oxygens (including phenoxy) is 2. The minimum atomic E-state index is -1.10. The van der Waals surface area contributed by atoms with Crippen molar-refractivity contribution in [3.8, 4) is 11.5 Å². The van der Waals surface area contributed by atoms with Crippen molar-refractivity contribution in [1.82, 2.24) is 4.90 Å². The number of benzene rings is 2. The number of nitrogens with zero attached hydrogens (tertiary/aromatic N) is 2. The molecular formula is C23H30N2O4S. The molecule has 0 aliphatic carbocycles. The summed E-state index contributed by atoms with van der Waals surface area (Å²) in [6.07, 6.45) is 0.557. The number of para-hydroxylation sites is 1. The monoisotopic (exact) mass is 430 g/mol. The lowest BCUT2D eigenvalue weighted by Gasteiger charge is -2.38. The molecule has 2 aromatic rings. The van der Waals surface area contributed by atoms with Crippen molar-refractivity contribution in [2.45, 2.75) is 22.2 Å². The molecular weight excluding hydrogens is 400 g/mol. The average molecular weight is 431 g/mol. The molecule has 6 nitrogen and oxygen atoms in total. The first kappa shape index (κ1) is 21.3. The van der Waals surface area contributed by atoms with E-state index in [9.17, 15) is 10.2 Å². The molecule has 2 unspecified atom stereocenters. The van der Waals surface area contributed by atoms with Crippen molar-refractivity contribution in [3.63, 3.8) is 0 Å². The first-order valence-corrected chi connectivity index (χ1v) is 11.3. The van der Waals surface area contributed by atoms with E-state index >= 15 is 0 Å². The third-order valence-electron chi connectivity index (χ3n) is 6.02. The zero-order chi connectivity index (χ0) is 21.0. The molecule has 0 spiro atoms. The highest BCUT2D eigenvalue weighted by atomic mass is 32.2. The summed E-state index contributed by atoms with van der Waals surface area (Å²) in [5.41, 5.74) is 0.167. The topological polar surface area (TPSA) is 65.4 Å². The van der Waals surface area contributed by atoms with Crippen LogP contribution in [-0.2, 0) is 0 Å². The predicted octanol–water partition coefficient (Wildman–Crippen LogP) is 2.48. The number of rotatable bonds is 6. The van der Waals surface area contributed by atoms with Crippen LogP contribution in [0.25, 0.3) is 0 Å². The van der Waals surface area contributed by atoms with Crippen LogP contribution in [0.1, 0.15) is 6.42 Å². The van der Waals surface area contributed by atoms with Crippen LogP contribution in [0.3, 0.4) is 0 Å². The van der Waals surface area contributed by atoms with Crippen LogP contribution in [-0.4, -0.2) is 79.0 Å². The average Bonchev–Trinajstić information content (AvgIpc) is 2.94. The van der Waals surface area contributed by atoms with E-state index in [1.807, 2.05) is 24.3 Å². The number of thioether (sulfide) groups is 1. The number of fused-ring (bicyclic) bond motifs is 1. The molecule has 2 aliphatic rings. The van der Waals surface area contributed by atoms with Gasteiger partial charge in [-0.05, 0) is 36.8 Å². The summed E-state index contributed by atoms with van der Waals surface area (Å²) in [5, 5.41) is 21.1. The SMILES string of the molecule is COc1ccc2c(c1)SC(CO)C(O)(CCN1CCN(c3ccccc3)CC1)CO2. The van der Waals surface area contributed by atoms with E-state index in [1.54, 1.807) is 7.11 Å². The molecule has 0 radical (unpaired) electrons. The largest absolute Gasteiger partial charge is 0.497 e. The summed E-state index contributed by atoms with van der Waals surface area (Å²) >= 11 is 1.47. The molecule has 2 aliphatic heterocycles. The van der Waals surface area contributed by atoms with Gasteiger partial charge in [-0.3, -0.25) is 4.90 Å². The molecule has 1 fully saturated rings. The van der Waals surface area contributed by atoms with Crippen molar-refractivity contribution in [2.75, 3.05) is 57.9 Å². The van der Waals surface area contributed by atoms with E-state index in [0.717, 1.165) is 49.1 Å². The van der Waals surface area contributed by atoms with E-state index in [-0.39, 0.29) is 18.5 Å². The number of hydrogen-bond donors (Lipinski definition) is 2. The Hall–Kier alpha value is -1.93. The van der Waals surface area contributed by atoms with Crippen LogP contribution in [0.4, 0.5) is 5.69 Å². The van der Waals surface area contributed by atoms with Gasteiger partial charge in [0.25, 0.3) is 0 Å². The first-order valence-electron chi connectivity index (χ1n) is 10.4. The normalized spacial score (nSPS) is 24.6. The zero-order valence-corrected chi connectivity index (χ0v) is 18.2. The van der Waals surface area contributed by atoms with E-state index in [1.165, 1.54) is 17.4 Å². The Labute approximate surface area is 182 Å². The molecule has 162 valence electrons. The van der Waals surface area contributed by atoms with E-state index in [2.05, 4.69) is 34.1 Å². The summed E-state index contributed by atoms with van der Waals surface area (Å²) < 4.78 is 11.3. The van der Waals surface area contributed by atoms with Crippen LogP contribution in [0.15, 0.2) is 53.4 Å². The van der Waals surface area contributed by atoms with Gasteiger partial charge >= 0.3 is 0 Å². The summed E-state index contributed by atoms with van der Waals surface area (Å²) in [5.74, 6) is 1.47. The zero-order valence-electron chi connectivity index (χ0n) is 17.4. The van der Waals surface area contributed by atoms with Crippen LogP contribution < -0.4 is 14.4 Å².